The summed E-state index contributed by atoms with van der Waals surface area (Å²) in [4.78, 5) is 11.4. The van der Waals surface area contributed by atoms with Crippen molar-refractivity contribution in [3.63, 3.8) is 0 Å². The molecule has 2 rings (SSSR count). The lowest BCUT2D eigenvalue weighted by Gasteiger charge is -2.10. The summed E-state index contributed by atoms with van der Waals surface area (Å²) in [5.74, 6) is 1.24. The van der Waals surface area contributed by atoms with Gasteiger partial charge in [0.15, 0.2) is 11.5 Å². The number of benzene rings is 1. The Kier molecular flexibility index (Phi) is 2.85. The van der Waals surface area contributed by atoms with Crippen molar-refractivity contribution in [2.24, 2.45) is 0 Å². The first-order valence-electron chi connectivity index (χ1n) is 5.26. The Morgan fingerprint density at radius 2 is 1.69 bits per heavy atom. The predicted molar refractivity (Wildman–Crippen MR) is 61.3 cm³/mol. The normalized spacial score (nSPS) is 10.6. The van der Waals surface area contributed by atoms with Crippen LogP contribution in [0.3, 0.4) is 0 Å². The first kappa shape index (κ1) is 10.6. The van der Waals surface area contributed by atoms with Crippen LogP contribution in [0.2, 0.25) is 0 Å². The fraction of sp³-hybridized carbons (Fsp3) is 0.364. The summed E-state index contributed by atoms with van der Waals surface area (Å²) in [7, 11) is 0. The monoisotopic (exact) mass is 222 g/mol. The van der Waals surface area contributed by atoms with Gasteiger partial charge in [-0.25, -0.2) is 0 Å². The molecule has 1 aromatic carbocycles. The average molecular weight is 222 g/mol. The molecule has 0 saturated carbocycles. The van der Waals surface area contributed by atoms with Crippen LogP contribution in [0.25, 0.3) is 10.9 Å². The van der Waals surface area contributed by atoms with Gasteiger partial charge in [-0.15, -0.1) is 0 Å². The van der Waals surface area contributed by atoms with E-state index in [0.717, 1.165) is 5.52 Å². The molecule has 16 heavy (non-hydrogen) atoms. The topological polar surface area (TPSA) is 67.1 Å². The second kappa shape index (κ2) is 4.30. The Morgan fingerprint density at radius 3 is 2.31 bits per heavy atom. The maximum Gasteiger partial charge on any atom is 0.271 e. The van der Waals surface area contributed by atoms with E-state index in [1.54, 1.807) is 12.1 Å². The lowest BCUT2D eigenvalue weighted by Crippen LogP contribution is -2.01. The van der Waals surface area contributed by atoms with E-state index in [-0.39, 0.29) is 5.56 Å². The van der Waals surface area contributed by atoms with Crippen LogP contribution in [0, 0.1) is 0 Å². The molecule has 5 heteroatoms. The number of nitrogens with one attached hydrogen (secondary N) is 2. The largest absolute Gasteiger partial charge is 0.490 e. The lowest BCUT2D eigenvalue weighted by atomic mass is 10.2. The zero-order chi connectivity index (χ0) is 11.5. The zero-order valence-electron chi connectivity index (χ0n) is 9.29. The van der Waals surface area contributed by atoms with E-state index in [1.807, 2.05) is 13.8 Å². The molecule has 0 fully saturated rings. The van der Waals surface area contributed by atoms with Gasteiger partial charge in [-0.2, -0.15) is 0 Å². The van der Waals surface area contributed by atoms with Crippen molar-refractivity contribution in [2.45, 2.75) is 13.8 Å². The van der Waals surface area contributed by atoms with E-state index in [4.69, 9.17) is 9.47 Å². The maximum atomic E-state index is 11.4. The van der Waals surface area contributed by atoms with Gasteiger partial charge in [0.25, 0.3) is 5.56 Å². The zero-order valence-corrected chi connectivity index (χ0v) is 9.29. The highest BCUT2D eigenvalue weighted by Crippen LogP contribution is 2.30. The van der Waals surface area contributed by atoms with Crippen LogP contribution in [0.1, 0.15) is 13.8 Å². The standard InChI is InChI=1S/C11H14N2O3/c1-3-15-9-5-7-8(12-13-11(7)14)6-10(9)16-4-2/h5-6H,3-4H2,1-2H3,(H2,12,13,14). The molecular formula is C11H14N2O3. The highest BCUT2D eigenvalue weighted by Gasteiger charge is 2.10. The summed E-state index contributed by atoms with van der Waals surface area (Å²) in [6.07, 6.45) is 0. The fourth-order valence-electron chi connectivity index (χ4n) is 1.58. The molecular weight excluding hydrogens is 208 g/mol. The molecule has 0 bridgehead atoms. The van der Waals surface area contributed by atoms with E-state index >= 15 is 0 Å². The van der Waals surface area contributed by atoms with E-state index in [1.165, 1.54) is 0 Å². The highest BCUT2D eigenvalue weighted by molar-refractivity contribution is 5.81. The molecule has 0 unspecified atom stereocenters. The molecule has 0 spiro atoms. The number of hydrogen-bond acceptors (Lipinski definition) is 3. The van der Waals surface area contributed by atoms with Crippen molar-refractivity contribution >= 4 is 10.9 Å². The summed E-state index contributed by atoms with van der Waals surface area (Å²) in [6.45, 7) is 4.88. The van der Waals surface area contributed by atoms with E-state index < -0.39 is 0 Å². The molecule has 0 aliphatic carbocycles. The van der Waals surface area contributed by atoms with Crippen molar-refractivity contribution in [3.05, 3.63) is 22.5 Å². The van der Waals surface area contributed by atoms with Crippen molar-refractivity contribution in [3.8, 4) is 11.5 Å². The number of ether oxygens (including phenoxy) is 2. The number of aromatic nitrogens is 2. The van der Waals surface area contributed by atoms with Crippen molar-refractivity contribution in [2.75, 3.05) is 13.2 Å². The third-order valence-electron chi connectivity index (χ3n) is 2.24. The summed E-state index contributed by atoms with van der Waals surface area (Å²) < 4.78 is 10.9. The van der Waals surface area contributed by atoms with Gasteiger partial charge in [0.2, 0.25) is 0 Å². The van der Waals surface area contributed by atoms with Gasteiger partial charge < -0.3 is 9.47 Å². The Labute approximate surface area is 92.4 Å². The van der Waals surface area contributed by atoms with Crippen LogP contribution < -0.4 is 15.0 Å². The van der Waals surface area contributed by atoms with Crippen molar-refractivity contribution < 1.29 is 9.47 Å². The molecule has 1 aromatic heterocycles. The second-order valence-electron chi connectivity index (χ2n) is 3.29. The van der Waals surface area contributed by atoms with Gasteiger partial charge in [0.1, 0.15) is 0 Å². The minimum atomic E-state index is -0.154. The van der Waals surface area contributed by atoms with Crippen LogP contribution >= 0.6 is 0 Å². The molecule has 2 aromatic rings. The lowest BCUT2D eigenvalue weighted by molar-refractivity contribution is 0.288. The summed E-state index contributed by atoms with van der Waals surface area (Å²) in [5.41, 5.74) is 0.566. The smallest absolute Gasteiger partial charge is 0.271 e. The third-order valence-corrected chi connectivity index (χ3v) is 2.24. The Morgan fingerprint density at radius 1 is 1.06 bits per heavy atom. The fourth-order valence-corrected chi connectivity index (χ4v) is 1.58. The van der Waals surface area contributed by atoms with Crippen LogP contribution in [0.5, 0.6) is 11.5 Å². The molecule has 86 valence electrons. The van der Waals surface area contributed by atoms with Gasteiger partial charge in [-0.05, 0) is 19.9 Å². The quantitative estimate of drug-likeness (QED) is 0.826. The number of hydrogen-bond donors (Lipinski definition) is 2. The summed E-state index contributed by atoms with van der Waals surface area (Å²) >= 11 is 0. The van der Waals surface area contributed by atoms with Gasteiger partial charge in [0.05, 0.1) is 24.1 Å². The van der Waals surface area contributed by atoms with Gasteiger partial charge in [-0.1, -0.05) is 0 Å². The average Bonchev–Trinajstić information content (AvgIpc) is 2.62. The van der Waals surface area contributed by atoms with Gasteiger partial charge in [-0.3, -0.25) is 15.0 Å². The molecule has 5 nitrogen and oxygen atoms in total. The number of aromatic amines is 2. The van der Waals surface area contributed by atoms with E-state index in [0.29, 0.717) is 30.1 Å². The molecule has 0 atom stereocenters. The minimum Gasteiger partial charge on any atom is -0.490 e. The van der Waals surface area contributed by atoms with Crippen LogP contribution in [-0.2, 0) is 0 Å². The summed E-state index contributed by atoms with van der Waals surface area (Å²) in [6, 6.07) is 3.46. The van der Waals surface area contributed by atoms with Crippen molar-refractivity contribution in [1.82, 2.24) is 10.2 Å². The Balaban J connectivity index is 2.58. The molecule has 1 heterocycles. The molecule has 0 aliphatic rings. The molecule has 0 radical (unpaired) electrons. The van der Waals surface area contributed by atoms with Gasteiger partial charge >= 0.3 is 0 Å². The second-order valence-corrected chi connectivity index (χ2v) is 3.29. The molecule has 0 saturated heterocycles. The highest BCUT2D eigenvalue weighted by atomic mass is 16.5. The van der Waals surface area contributed by atoms with E-state index in [2.05, 4.69) is 10.2 Å². The molecule has 2 N–H and O–H groups in total. The van der Waals surface area contributed by atoms with E-state index in [9.17, 15) is 4.79 Å². The van der Waals surface area contributed by atoms with Crippen LogP contribution in [0.4, 0.5) is 0 Å². The third kappa shape index (κ3) is 1.76. The maximum absolute atomic E-state index is 11.4. The minimum absolute atomic E-state index is 0.154. The molecule has 0 amide bonds. The first-order valence-corrected chi connectivity index (χ1v) is 5.26. The predicted octanol–water partition coefficient (Wildman–Crippen LogP) is 1.65. The Hall–Kier alpha value is -1.91. The number of H-pyrrole nitrogens is 2. The molecule has 0 aliphatic heterocycles. The number of rotatable bonds is 4. The van der Waals surface area contributed by atoms with Gasteiger partial charge in [0, 0.05) is 6.07 Å². The summed E-state index contributed by atoms with van der Waals surface area (Å²) in [5, 5.41) is 5.88. The SMILES string of the molecule is CCOc1cc2[nH][nH]c(=O)c2cc1OCC. The first-order chi connectivity index (χ1) is 7.76. The number of fused-ring (bicyclic) bond motifs is 1. The van der Waals surface area contributed by atoms with Crippen LogP contribution in [-0.4, -0.2) is 23.4 Å². The van der Waals surface area contributed by atoms with Crippen molar-refractivity contribution in [1.29, 1.82) is 0 Å². The Bertz CT molecular complexity index is 542. The van der Waals surface area contributed by atoms with Crippen LogP contribution in [0.15, 0.2) is 16.9 Å².